The summed E-state index contributed by atoms with van der Waals surface area (Å²) in [6.45, 7) is 0. The van der Waals surface area contributed by atoms with Crippen LogP contribution in [0.2, 0.25) is 5.02 Å². The van der Waals surface area contributed by atoms with E-state index in [1.54, 1.807) is 48.5 Å². The summed E-state index contributed by atoms with van der Waals surface area (Å²) in [5.41, 5.74) is 2.63. The minimum Gasteiger partial charge on any atom is -0.496 e. The molecule has 170 valence electrons. The molecule has 0 saturated carbocycles. The van der Waals surface area contributed by atoms with E-state index in [4.69, 9.17) is 35.0 Å². The Morgan fingerprint density at radius 3 is 2.21 bits per heavy atom. The summed E-state index contributed by atoms with van der Waals surface area (Å²) in [4.78, 5) is 17.3. The zero-order chi connectivity index (χ0) is 23.5. The summed E-state index contributed by atoms with van der Waals surface area (Å²) >= 11 is 6.04. The molecule has 0 unspecified atom stereocenters. The molecular weight excluding hydrogens is 448 g/mol. The molecule has 4 aromatic rings. The number of ether oxygens (including phenoxy) is 4. The zero-order valence-electron chi connectivity index (χ0n) is 18.4. The molecule has 0 atom stereocenters. The van der Waals surface area contributed by atoms with Gasteiger partial charge in [-0.15, -0.1) is 0 Å². The van der Waals surface area contributed by atoms with Crippen LogP contribution in [-0.2, 0) is 0 Å². The van der Waals surface area contributed by atoms with Gasteiger partial charge in [-0.3, -0.25) is 4.79 Å². The van der Waals surface area contributed by atoms with Crippen LogP contribution in [0.1, 0.15) is 10.4 Å². The number of fused-ring (bicyclic) bond motifs is 1. The number of carbonyl (C=O) groups is 1. The summed E-state index contributed by atoms with van der Waals surface area (Å²) in [6.07, 6.45) is 0. The van der Waals surface area contributed by atoms with Crippen molar-refractivity contribution in [2.45, 2.75) is 0 Å². The fourth-order valence-corrected chi connectivity index (χ4v) is 3.56. The lowest BCUT2D eigenvalue weighted by atomic mass is 10.1. The van der Waals surface area contributed by atoms with Crippen molar-refractivity contribution in [3.8, 4) is 34.5 Å². The van der Waals surface area contributed by atoms with Gasteiger partial charge in [0.25, 0.3) is 5.91 Å². The molecule has 9 heteroatoms. The number of oxazole rings is 1. The normalized spacial score (nSPS) is 10.7. The number of amides is 1. The Hall–Kier alpha value is -3.91. The highest BCUT2D eigenvalue weighted by atomic mass is 35.5. The van der Waals surface area contributed by atoms with E-state index in [-0.39, 0.29) is 5.91 Å². The molecule has 0 radical (unpaired) electrons. The number of carbonyl (C=O) groups excluding carboxylic acids is 1. The van der Waals surface area contributed by atoms with E-state index >= 15 is 0 Å². The third-order valence-electron chi connectivity index (χ3n) is 4.96. The number of halogens is 1. The highest BCUT2D eigenvalue weighted by Gasteiger charge is 2.18. The van der Waals surface area contributed by atoms with E-state index in [1.165, 1.54) is 28.4 Å². The van der Waals surface area contributed by atoms with E-state index < -0.39 is 0 Å². The second-order valence-electron chi connectivity index (χ2n) is 6.91. The molecule has 0 saturated heterocycles. The van der Waals surface area contributed by atoms with Crippen LogP contribution >= 0.6 is 11.6 Å². The van der Waals surface area contributed by atoms with Crippen molar-refractivity contribution in [1.82, 2.24) is 4.98 Å². The molecule has 1 heterocycles. The Morgan fingerprint density at radius 2 is 1.58 bits per heavy atom. The van der Waals surface area contributed by atoms with Gasteiger partial charge in [-0.25, -0.2) is 4.98 Å². The first-order chi connectivity index (χ1) is 16.0. The number of hydrogen-bond donors (Lipinski definition) is 1. The summed E-state index contributed by atoms with van der Waals surface area (Å²) in [5.74, 6) is 1.87. The molecule has 0 aliphatic heterocycles. The van der Waals surface area contributed by atoms with Gasteiger partial charge in [0.2, 0.25) is 11.6 Å². The van der Waals surface area contributed by atoms with Crippen LogP contribution in [0.3, 0.4) is 0 Å². The van der Waals surface area contributed by atoms with Gasteiger partial charge in [-0.1, -0.05) is 11.6 Å². The number of benzene rings is 3. The zero-order valence-corrected chi connectivity index (χ0v) is 19.1. The Kier molecular flexibility index (Phi) is 6.28. The van der Waals surface area contributed by atoms with Crippen LogP contribution in [0.15, 0.2) is 52.9 Å². The quantitative estimate of drug-likeness (QED) is 0.386. The lowest BCUT2D eigenvalue weighted by Gasteiger charge is -2.12. The molecule has 33 heavy (non-hydrogen) atoms. The second kappa shape index (κ2) is 9.30. The molecule has 4 rings (SSSR count). The molecule has 8 nitrogen and oxygen atoms in total. The highest BCUT2D eigenvalue weighted by Crippen LogP contribution is 2.41. The second-order valence-corrected chi connectivity index (χ2v) is 7.35. The van der Waals surface area contributed by atoms with Crippen molar-refractivity contribution in [2.24, 2.45) is 0 Å². The van der Waals surface area contributed by atoms with Crippen LogP contribution in [0.5, 0.6) is 23.0 Å². The number of nitrogens with one attached hydrogen (secondary N) is 1. The summed E-state index contributed by atoms with van der Waals surface area (Å²) in [5, 5.41) is 3.27. The van der Waals surface area contributed by atoms with Crippen LogP contribution in [-0.4, -0.2) is 39.3 Å². The number of anilines is 1. The molecule has 0 spiro atoms. The van der Waals surface area contributed by atoms with Crippen molar-refractivity contribution in [1.29, 1.82) is 0 Å². The lowest BCUT2D eigenvalue weighted by molar-refractivity contribution is 0.102. The first-order valence-corrected chi connectivity index (χ1v) is 10.2. The maximum absolute atomic E-state index is 12.8. The van der Waals surface area contributed by atoms with Gasteiger partial charge in [-0.05, 0) is 48.5 Å². The van der Waals surface area contributed by atoms with Crippen LogP contribution in [0.25, 0.3) is 22.6 Å². The van der Waals surface area contributed by atoms with Gasteiger partial charge in [0.15, 0.2) is 17.1 Å². The largest absolute Gasteiger partial charge is 0.496 e. The van der Waals surface area contributed by atoms with Gasteiger partial charge in [0.05, 0.1) is 34.0 Å². The van der Waals surface area contributed by atoms with E-state index in [2.05, 4.69) is 10.3 Å². The summed E-state index contributed by atoms with van der Waals surface area (Å²) in [7, 11) is 6.11. The topological polar surface area (TPSA) is 92.1 Å². The van der Waals surface area contributed by atoms with E-state index in [9.17, 15) is 4.79 Å². The molecule has 0 fully saturated rings. The van der Waals surface area contributed by atoms with Gasteiger partial charge >= 0.3 is 0 Å². The highest BCUT2D eigenvalue weighted by molar-refractivity contribution is 6.31. The summed E-state index contributed by atoms with van der Waals surface area (Å²) < 4.78 is 27.3. The molecular formula is C24H21ClN2O6. The van der Waals surface area contributed by atoms with Crippen molar-refractivity contribution >= 4 is 34.3 Å². The smallest absolute Gasteiger partial charge is 0.259 e. The average Bonchev–Trinajstić information content (AvgIpc) is 3.26. The molecule has 1 amide bonds. The molecule has 0 bridgehead atoms. The maximum atomic E-state index is 12.8. The summed E-state index contributed by atoms with van der Waals surface area (Å²) in [6, 6.07) is 13.5. The van der Waals surface area contributed by atoms with Crippen molar-refractivity contribution in [2.75, 3.05) is 33.8 Å². The van der Waals surface area contributed by atoms with Gasteiger partial charge in [0, 0.05) is 16.3 Å². The van der Waals surface area contributed by atoms with E-state index in [0.29, 0.717) is 61.8 Å². The number of nitrogens with zero attached hydrogens (tertiary/aromatic N) is 1. The predicted octanol–water partition coefficient (Wildman–Crippen LogP) is 5.43. The third-order valence-corrected chi connectivity index (χ3v) is 5.20. The van der Waals surface area contributed by atoms with Gasteiger partial charge in [-0.2, -0.15) is 0 Å². The molecule has 0 aliphatic rings. The average molecular weight is 469 g/mol. The van der Waals surface area contributed by atoms with E-state index in [0.717, 1.165) is 0 Å². The lowest BCUT2D eigenvalue weighted by Crippen LogP contribution is -2.13. The predicted molar refractivity (Wildman–Crippen MR) is 125 cm³/mol. The van der Waals surface area contributed by atoms with E-state index in [1.807, 2.05) is 0 Å². The number of rotatable bonds is 7. The van der Waals surface area contributed by atoms with Crippen molar-refractivity contribution < 1.29 is 28.2 Å². The maximum Gasteiger partial charge on any atom is 0.259 e. The number of hydrogen-bond acceptors (Lipinski definition) is 7. The Labute approximate surface area is 195 Å². The Bertz CT molecular complexity index is 1310. The van der Waals surface area contributed by atoms with Crippen LogP contribution < -0.4 is 24.3 Å². The fraction of sp³-hybridized carbons (Fsp3) is 0.167. The minimum atomic E-state index is -0.359. The standard InChI is InChI=1S/C24H21ClN2O6/c1-29-18-7-5-14(25)11-16(18)23(28)26-15-6-8-19-17(12-15)27-24(33-19)13-9-20(30-2)22(32-4)21(10-13)31-3/h5-12H,1-4H3,(H,26,28). The first-order valence-electron chi connectivity index (χ1n) is 9.83. The van der Waals surface area contributed by atoms with Gasteiger partial charge in [0.1, 0.15) is 11.3 Å². The van der Waals surface area contributed by atoms with Crippen LogP contribution in [0, 0.1) is 0 Å². The minimum absolute atomic E-state index is 0.323. The van der Waals surface area contributed by atoms with Gasteiger partial charge < -0.3 is 28.7 Å². The number of aromatic nitrogens is 1. The third kappa shape index (κ3) is 4.38. The molecule has 1 aromatic heterocycles. The molecule has 3 aromatic carbocycles. The van der Waals surface area contributed by atoms with Crippen molar-refractivity contribution in [3.63, 3.8) is 0 Å². The monoisotopic (exact) mass is 468 g/mol. The van der Waals surface area contributed by atoms with Crippen molar-refractivity contribution in [3.05, 3.63) is 59.1 Å². The molecule has 0 aliphatic carbocycles. The van der Waals surface area contributed by atoms with Crippen LogP contribution in [0.4, 0.5) is 5.69 Å². The SMILES string of the molecule is COc1ccc(Cl)cc1C(=O)Nc1ccc2oc(-c3cc(OC)c(OC)c(OC)c3)nc2c1. The molecule has 1 N–H and O–H groups in total. The Morgan fingerprint density at radius 1 is 0.879 bits per heavy atom. The fourth-order valence-electron chi connectivity index (χ4n) is 3.39. The number of methoxy groups -OCH3 is 4. The Balaban J connectivity index is 1.66. The first kappa shape index (κ1) is 22.3.